The van der Waals surface area contributed by atoms with E-state index in [9.17, 15) is 22.2 Å². The average molecular weight is 418 g/mol. The maximum absolute atomic E-state index is 14.5. The third-order valence-corrected chi connectivity index (χ3v) is 4.53. The summed E-state index contributed by atoms with van der Waals surface area (Å²) in [4.78, 5) is 12.2. The predicted octanol–water partition coefficient (Wildman–Crippen LogP) is 2.67. The fraction of sp³-hybridized carbons (Fsp3) is 0.385. The highest BCUT2D eigenvalue weighted by atomic mass is 35.5. The Bertz CT molecular complexity index is 886. The molecule has 2 aromatic heterocycles. The highest BCUT2D eigenvalue weighted by Gasteiger charge is 2.26. The molecule has 2 rings (SSSR count). The third-order valence-electron chi connectivity index (χ3n) is 3.17. The van der Waals surface area contributed by atoms with E-state index in [2.05, 4.69) is 9.84 Å². The molecule has 2 aromatic rings. The summed E-state index contributed by atoms with van der Waals surface area (Å²) in [5.74, 6) is -1.38. The molecule has 0 aromatic carbocycles. The summed E-state index contributed by atoms with van der Waals surface area (Å²) in [5, 5.41) is 3.08. The monoisotopic (exact) mass is 417 g/mol. The van der Waals surface area contributed by atoms with Crippen LogP contribution in [0.5, 0.6) is 5.88 Å². The first-order valence-electron chi connectivity index (χ1n) is 6.70. The Labute approximate surface area is 152 Å². The minimum Gasteiger partial charge on any atom is -0.416 e. The van der Waals surface area contributed by atoms with Crippen molar-refractivity contribution in [2.75, 3.05) is 12.0 Å². The van der Waals surface area contributed by atoms with Gasteiger partial charge in [0, 0.05) is 42.5 Å². The first kappa shape index (κ1) is 19.8. The van der Waals surface area contributed by atoms with Gasteiger partial charge in [0.15, 0.2) is 5.82 Å². The molecule has 0 spiro atoms. The van der Waals surface area contributed by atoms with Gasteiger partial charge in [0.05, 0.1) is 0 Å². The summed E-state index contributed by atoms with van der Waals surface area (Å²) >= 11 is 11.7. The van der Waals surface area contributed by atoms with E-state index in [0.29, 0.717) is 0 Å². The molecule has 1 atom stereocenters. The van der Waals surface area contributed by atoms with Crippen molar-refractivity contribution >= 4 is 34.0 Å². The number of rotatable bonds is 6. The maximum atomic E-state index is 14.5. The molecule has 0 aliphatic heterocycles. The zero-order valence-electron chi connectivity index (χ0n) is 12.9. The van der Waals surface area contributed by atoms with E-state index in [1.807, 2.05) is 0 Å². The first-order valence-corrected chi connectivity index (χ1v) is 9.18. The van der Waals surface area contributed by atoms with Crippen molar-refractivity contribution in [1.29, 1.82) is 0 Å². The van der Waals surface area contributed by atoms with Gasteiger partial charge in [0.1, 0.15) is 21.4 Å². The van der Waals surface area contributed by atoms with Gasteiger partial charge in [-0.2, -0.15) is 13.9 Å². The Kier molecular flexibility index (Phi) is 6.17. The number of nitrogens with zero attached hydrogens (tertiary/aromatic N) is 3. The molecule has 0 aliphatic rings. The predicted molar refractivity (Wildman–Crippen MR) is 88.4 cm³/mol. The second-order valence-electron chi connectivity index (χ2n) is 4.89. The van der Waals surface area contributed by atoms with E-state index < -0.39 is 39.7 Å². The van der Waals surface area contributed by atoms with Gasteiger partial charge in [-0.1, -0.05) is 23.2 Å². The van der Waals surface area contributed by atoms with E-state index in [1.54, 1.807) is 0 Å². The molecular formula is C13H12Cl2F3N3O3S. The van der Waals surface area contributed by atoms with Crippen molar-refractivity contribution in [2.45, 2.75) is 13.2 Å². The van der Waals surface area contributed by atoms with E-state index in [0.717, 1.165) is 15.3 Å². The van der Waals surface area contributed by atoms with Crippen molar-refractivity contribution in [3.8, 4) is 17.3 Å². The van der Waals surface area contributed by atoms with Crippen LogP contribution >= 0.6 is 23.2 Å². The summed E-state index contributed by atoms with van der Waals surface area (Å²) in [6.45, 7) is -3.30. The minimum atomic E-state index is -3.17. The average Bonchev–Trinajstić information content (AvgIpc) is 2.76. The number of halogens is 5. The van der Waals surface area contributed by atoms with Crippen LogP contribution in [0.2, 0.25) is 10.0 Å². The van der Waals surface area contributed by atoms with Crippen molar-refractivity contribution in [3.63, 3.8) is 0 Å². The van der Waals surface area contributed by atoms with Crippen LogP contribution < -0.4 is 10.3 Å². The summed E-state index contributed by atoms with van der Waals surface area (Å²) in [5.41, 5.74) is -1.38. The van der Waals surface area contributed by atoms with Gasteiger partial charge in [-0.15, -0.1) is 0 Å². The second-order valence-corrected chi connectivity index (χ2v) is 7.23. The van der Waals surface area contributed by atoms with Gasteiger partial charge < -0.3 is 9.30 Å². The van der Waals surface area contributed by atoms with Crippen LogP contribution in [0.3, 0.4) is 0 Å². The van der Waals surface area contributed by atoms with Gasteiger partial charge in [-0.05, 0) is 0 Å². The fourth-order valence-corrected chi connectivity index (χ4v) is 3.05. The normalized spacial score (nSPS) is 12.6. The third kappa shape index (κ3) is 4.18. The molecule has 25 heavy (non-hydrogen) atoms. The molecule has 0 bridgehead atoms. The Hall–Kier alpha value is -1.52. The Balaban J connectivity index is 2.68. The summed E-state index contributed by atoms with van der Waals surface area (Å²) < 4.78 is 56.8. The van der Waals surface area contributed by atoms with Crippen LogP contribution in [-0.4, -0.2) is 37.2 Å². The molecule has 2 heterocycles. The van der Waals surface area contributed by atoms with Gasteiger partial charge in [0.25, 0.3) is 5.56 Å². The number of pyridine rings is 1. The molecular weight excluding hydrogens is 406 g/mol. The van der Waals surface area contributed by atoms with Crippen molar-refractivity contribution in [1.82, 2.24) is 14.3 Å². The number of aryl methyl sites for hydroxylation is 1. The summed E-state index contributed by atoms with van der Waals surface area (Å²) in [6.07, 6.45) is 1.41. The molecule has 138 valence electrons. The highest BCUT2D eigenvalue weighted by molar-refractivity contribution is 7.84. The molecule has 0 saturated heterocycles. The maximum Gasteiger partial charge on any atom is 0.388 e. The molecule has 0 amide bonds. The van der Waals surface area contributed by atoms with E-state index in [4.69, 9.17) is 23.2 Å². The number of hydrogen-bond acceptors (Lipinski definition) is 4. The quantitative estimate of drug-likeness (QED) is 0.724. The van der Waals surface area contributed by atoms with E-state index >= 15 is 0 Å². The Morgan fingerprint density at radius 3 is 2.60 bits per heavy atom. The Morgan fingerprint density at radius 1 is 1.40 bits per heavy atom. The lowest BCUT2D eigenvalue weighted by atomic mass is 10.2. The van der Waals surface area contributed by atoms with Crippen molar-refractivity contribution < 1.29 is 22.1 Å². The fourth-order valence-electron chi connectivity index (χ4n) is 2.12. The van der Waals surface area contributed by atoms with Gasteiger partial charge in [-0.3, -0.25) is 9.00 Å². The first-order chi connectivity index (χ1) is 11.6. The smallest absolute Gasteiger partial charge is 0.388 e. The summed E-state index contributed by atoms with van der Waals surface area (Å²) in [7, 11) is -0.00396. The molecule has 12 heteroatoms. The molecule has 6 nitrogen and oxygen atoms in total. The standard InChI is InChI=1S/C13H12Cl2F3N3O3S/c1-20-12(24-13(17)18)8(15)9(19-20)10-7(16)5-6(14)11(22)21(10)3-4-25(2)23/h5,13H,3-4H2,1-2H3. The number of alkyl halides is 2. The molecule has 0 radical (unpaired) electrons. The molecule has 0 fully saturated rings. The zero-order valence-corrected chi connectivity index (χ0v) is 15.3. The largest absolute Gasteiger partial charge is 0.416 e. The topological polar surface area (TPSA) is 66.1 Å². The second kappa shape index (κ2) is 7.79. The number of aromatic nitrogens is 3. The van der Waals surface area contributed by atoms with Crippen LogP contribution in [0.15, 0.2) is 10.9 Å². The van der Waals surface area contributed by atoms with Gasteiger partial charge >= 0.3 is 6.61 Å². The lowest BCUT2D eigenvalue weighted by Gasteiger charge is -2.12. The summed E-state index contributed by atoms with van der Waals surface area (Å²) in [6, 6.07) is 0.775. The van der Waals surface area contributed by atoms with Crippen molar-refractivity contribution in [3.05, 3.63) is 32.3 Å². The minimum absolute atomic E-state index is 0.0392. The Morgan fingerprint density at radius 2 is 2.04 bits per heavy atom. The number of hydrogen-bond donors (Lipinski definition) is 0. The van der Waals surface area contributed by atoms with Gasteiger partial charge in [-0.25, -0.2) is 9.07 Å². The van der Waals surface area contributed by atoms with Crippen LogP contribution in [0.1, 0.15) is 0 Å². The van der Waals surface area contributed by atoms with E-state index in [-0.39, 0.29) is 28.7 Å². The number of ether oxygens (including phenoxy) is 1. The van der Waals surface area contributed by atoms with Crippen molar-refractivity contribution in [2.24, 2.45) is 7.05 Å². The lowest BCUT2D eigenvalue weighted by Crippen LogP contribution is -2.26. The van der Waals surface area contributed by atoms with Gasteiger partial charge in [0.2, 0.25) is 5.88 Å². The lowest BCUT2D eigenvalue weighted by molar-refractivity contribution is -0.0552. The SMILES string of the molecule is Cn1nc(-c2c(F)cc(Cl)c(=O)n2CCS(C)=O)c(Cl)c1OC(F)F. The molecule has 0 N–H and O–H groups in total. The van der Waals surface area contributed by atoms with E-state index in [1.165, 1.54) is 13.3 Å². The molecule has 0 aliphatic carbocycles. The zero-order chi connectivity index (χ0) is 18.9. The van der Waals surface area contributed by atoms with Crippen LogP contribution in [-0.2, 0) is 24.4 Å². The van der Waals surface area contributed by atoms with Crippen LogP contribution in [0.4, 0.5) is 13.2 Å². The molecule has 1 unspecified atom stereocenters. The van der Waals surface area contributed by atoms with Crippen LogP contribution in [0, 0.1) is 5.82 Å². The molecule has 0 saturated carbocycles. The van der Waals surface area contributed by atoms with Crippen LogP contribution in [0.25, 0.3) is 11.4 Å². The highest BCUT2D eigenvalue weighted by Crippen LogP contribution is 2.36.